The molecule has 0 aliphatic carbocycles. The van der Waals surface area contributed by atoms with E-state index in [-0.39, 0.29) is 18.0 Å². The number of carbonyl (C=O) groups excluding carboxylic acids is 1. The standard InChI is InChI=1S/C18H17F4NO/c1-2-15(12-6-4-3-5-7-12)17(24)23-11-13-10-14(18(20,21)22)8-9-16(13)19/h3-10,15H,2,11H2,1H3,(H,23,24). The second-order valence-corrected chi connectivity index (χ2v) is 5.39. The van der Waals surface area contributed by atoms with Crippen LogP contribution in [-0.2, 0) is 17.5 Å². The first-order chi connectivity index (χ1) is 11.3. The third-order valence-electron chi connectivity index (χ3n) is 3.75. The molecule has 24 heavy (non-hydrogen) atoms. The van der Waals surface area contributed by atoms with E-state index in [1.807, 2.05) is 13.0 Å². The summed E-state index contributed by atoms with van der Waals surface area (Å²) in [6.45, 7) is 1.54. The fourth-order valence-electron chi connectivity index (χ4n) is 2.45. The van der Waals surface area contributed by atoms with Gasteiger partial charge in [0.05, 0.1) is 11.5 Å². The lowest BCUT2D eigenvalue weighted by molar-refractivity contribution is -0.137. The Morgan fingerprint density at radius 1 is 1.12 bits per heavy atom. The highest BCUT2D eigenvalue weighted by molar-refractivity contribution is 5.83. The molecule has 0 saturated carbocycles. The Labute approximate surface area is 137 Å². The van der Waals surface area contributed by atoms with Crippen molar-refractivity contribution in [2.24, 2.45) is 0 Å². The summed E-state index contributed by atoms with van der Waals surface area (Å²) in [7, 11) is 0. The fourth-order valence-corrected chi connectivity index (χ4v) is 2.45. The summed E-state index contributed by atoms with van der Waals surface area (Å²) in [5, 5.41) is 2.52. The lowest BCUT2D eigenvalue weighted by Gasteiger charge is -2.16. The lowest BCUT2D eigenvalue weighted by Crippen LogP contribution is -2.29. The largest absolute Gasteiger partial charge is 0.416 e. The number of hydrogen-bond donors (Lipinski definition) is 1. The first kappa shape index (κ1) is 18.0. The highest BCUT2D eigenvalue weighted by Gasteiger charge is 2.31. The first-order valence-electron chi connectivity index (χ1n) is 7.51. The monoisotopic (exact) mass is 339 g/mol. The van der Waals surface area contributed by atoms with Crippen molar-refractivity contribution in [3.05, 3.63) is 71.0 Å². The zero-order valence-electron chi connectivity index (χ0n) is 13.0. The molecule has 0 saturated heterocycles. The summed E-state index contributed by atoms with van der Waals surface area (Å²) in [6, 6.07) is 11.2. The highest BCUT2D eigenvalue weighted by atomic mass is 19.4. The molecule has 2 rings (SSSR count). The van der Waals surface area contributed by atoms with Gasteiger partial charge < -0.3 is 5.32 Å². The Balaban J connectivity index is 2.11. The van der Waals surface area contributed by atoms with Crippen molar-refractivity contribution in [1.29, 1.82) is 0 Å². The maximum absolute atomic E-state index is 13.7. The van der Waals surface area contributed by atoms with E-state index in [0.29, 0.717) is 12.5 Å². The molecule has 0 radical (unpaired) electrons. The van der Waals surface area contributed by atoms with Crippen molar-refractivity contribution in [2.75, 3.05) is 0 Å². The van der Waals surface area contributed by atoms with Gasteiger partial charge in [0.1, 0.15) is 5.82 Å². The molecular formula is C18H17F4NO. The summed E-state index contributed by atoms with van der Waals surface area (Å²) in [4.78, 5) is 12.3. The predicted molar refractivity (Wildman–Crippen MR) is 82.7 cm³/mol. The number of rotatable bonds is 5. The normalized spacial score (nSPS) is 12.7. The number of alkyl halides is 3. The zero-order chi connectivity index (χ0) is 17.7. The van der Waals surface area contributed by atoms with Gasteiger partial charge in [0.25, 0.3) is 0 Å². The molecule has 1 amide bonds. The van der Waals surface area contributed by atoms with Gasteiger partial charge in [0, 0.05) is 12.1 Å². The van der Waals surface area contributed by atoms with Gasteiger partial charge in [0.2, 0.25) is 5.91 Å². The van der Waals surface area contributed by atoms with Crippen molar-refractivity contribution < 1.29 is 22.4 Å². The van der Waals surface area contributed by atoms with Crippen molar-refractivity contribution in [1.82, 2.24) is 5.32 Å². The van der Waals surface area contributed by atoms with Gasteiger partial charge in [-0.05, 0) is 30.2 Å². The molecule has 0 spiro atoms. The van der Waals surface area contributed by atoms with Crippen LogP contribution in [-0.4, -0.2) is 5.91 Å². The average Bonchev–Trinajstić information content (AvgIpc) is 2.54. The van der Waals surface area contributed by atoms with Gasteiger partial charge >= 0.3 is 6.18 Å². The van der Waals surface area contributed by atoms with E-state index in [2.05, 4.69) is 5.32 Å². The molecule has 128 valence electrons. The first-order valence-corrected chi connectivity index (χ1v) is 7.51. The van der Waals surface area contributed by atoms with Gasteiger partial charge in [-0.2, -0.15) is 13.2 Å². The van der Waals surface area contributed by atoms with Gasteiger partial charge in [0.15, 0.2) is 0 Å². The van der Waals surface area contributed by atoms with E-state index in [9.17, 15) is 22.4 Å². The van der Waals surface area contributed by atoms with Crippen LogP contribution in [0.4, 0.5) is 17.6 Å². The molecule has 1 N–H and O–H groups in total. The minimum absolute atomic E-state index is 0.193. The van der Waals surface area contributed by atoms with Crippen molar-refractivity contribution in [2.45, 2.75) is 32.0 Å². The van der Waals surface area contributed by atoms with Gasteiger partial charge in [-0.3, -0.25) is 4.79 Å². The second-order valence-electron chi connectivity index (χ2n) is 5.39. The van der Waals surface area contributed by atoms with Gasteiger partial charge in [-0.15, -0.1) is 0 Å². The Bertz CT molecular complexity index is 698. The molecule has 1 atom stereocenters. The van der Waals surface area contributed by atoms with Crippen molar-refractivity contribution in [3.63, 3.8) is 0 Å². The minimum Gasteiger partial charge on any atom is -0.351 e. The van der Waals surface area contributed by atoms with Crippen LogP contribution in [0.1, 0.15) is 36.0 Å². The van der Waals surface area contributed by atoms with Crippen LogP contribution < -0.4 is 5.32 Å². The molecule has 0 bridgehead atoms. The van der Waals surface area contributed by atoms with Crippen LogP contribution in [0.15, 0.2) is 48.5 Å². The zero-order valence-corrected chi connectivity index (χ0v) is 13.0. The van der Waals surface area contributed by atoms with Crippen LogP contribution in [0, 0.1) is 5.82 Å². The molecule has 1 unspecified atom stereocenters. The molecule has 2 nitrogen and oxygen atoms in total. The Kier molecular flexibility index (Phi) is 5.59. The molecule has 0 heterocycles. The van der Waals surface area contributed by atoms with Crippen LogP contribution in [0.2, 0.25) is 0 Å². The molecule has 0 fully saturated rings. The topological polar surface area (TPSA) is 29.1 Å². The molecule has 2 aromatic carbocycles. The lowest BCUT2D eigenvalue weighted by atomic mass is 9.95. The van der Waals surface area contributed by atoms with E-state index in [4.69, 9.17) is 0 Å². The van der Waals surface area contributed by atoms with Gasteiger partial charge in [-0.25, -0.2) is 4.39 Å². The Morgan fingerprint density at radius 3 is 2.38 bits per heavy atom. The molecule has 6 heteroatoms. The maximum Gasteiger partial charge on any atom is 0.416 e. The van der Waals surface area contributed by atoms with Crippen LogP contribution in [0.25, 0.3) is 0 Å². The summed E-state index contributed by atoms with van der Waals surface area (Å²) >= 11 is 0. The third-order valence-corrected chi connectivity index (χ3v) is 3.75. The van der Waals surface area contributed by atoms with E-state index in [0.717, 1.165) is 17.7 Å². The summed E-state index contributed by atoms with van der Waals surface area (Å²) in [5.74, 6) is -1.56. The summed E-state index contributed by atoms with van der Waals surface area (Å²) < 4.78 is 51.8. The second kappa shape index (κ2) is 7.47. The third kappa shape index (κ3) is 4.34. The van der Waals surface area contributed by atoms with Gasteiger partial charge in [-0.1, -0.05) is 37.3 Å². The molecule has 0 aliphatic rings. The summed E-state index contributed by atoms with van der Waals surface area (Å²) in [6.07, 6.45) is -4.02. The maximum atomic E-state index is 13.7. The van der Waals surface area contributed by atoms with E-state index in [1.54, 1.807) is 24.3 Å². The van der Waals surface area contributed by atoms with E-state index < -0.39 is 23.5 Å². The summed E-state index contributed by atoms with van der Waals surface area (Å²) in [5.41, 5.74) is -0.327. The predicted octanol–water partition coefficient (Wildman–Crippen LogP) is 4.65. The highest BCUT2D eigenvalue weighted by Crippen LogP contribution is 2.30. The van der Waals surface area contributed by atoms with Crippen LogP contribution in [0.5, 0.6) is 0 Å². The molecule has 2 aromatic rings. The van der Waals surface area contributed by atoms with Crippen LogP contribution >= 0.6 is 0 Å². The number of carbonyl (C=O) groups is 1. The van der Waals surface area contributed by atoms with Crippen LogP contribution in [0.3, 0.4) is 0 Å². The SMILES string of the molecule is CCC(C(=O)NCc1cc(C(F)(F)F)ccc1F)c1ccccc1. The smallest absolute Gasteiger partial charge is 0.351 e. The number of hydrogen-bond acceptors (Lipinski definition) is 1. The Morgan fingerprint density at radius 2 is 1.79 bits per heavy atom. The number of nitrogens with one attached hydrogen (secondary N) is 1. The quantitative estimate of drug-likeness (QED) is 0.789. The molecule has 0 aliphatic heterocycles. The van der Waals surface area contributed by atoms with E-state index in [1.165, 1.54) is 0 Å². The molecular weight excluding hydrogens is 322 g/mol. The minimum atomic E-state index is -4.55. The number of amides is 1. The molecule has 0 aromatic heterocycles. The number of benzene rings is 2. The van der Waals surface area contributed by atoms with E-state index >= 15 is 0 Å². The van der Waals surface area contributed by atoms with Crippen molar-refractivity contribution in [3.8, 4) is 0 Å². The Hall–Kier alpha value is -2.37. The fraction of sp³-hybridized carbons (Fsp3) is 0.278. The number of halogens is 4. The average molecular weight is 339 g/mol. The van der Waals surface area contributed by atoms with Crippen molar-refractivity contribution >= 4 is 5.91 Å².